The van der Waals surface area contributed by atoms with Crippen LogP contribution in [-0.2, 0) is 4.79 Å². The second-order valence-corrected chi connectivity index (χ2v) is 8.71. The SMILES string of the molecule is CC(C(=O)NC1C2CC3CC1CC(O)(C3)C2)N1CCN(C(=O)O)CC1. The summed E-state index contributed by atoms with van der Waals surface area (Å²) in [6.07, 6.45) is 3.99. The van der Waals surface area contributed by atoms with Crippen LogP contribution in [0.1, 0.15) is 39.0 Å². The Bertz CT molecular complexity index is 545. The average molecular weight is 351 g/mol. The zero-order chi connectivity index (χ0) is 17.8. The highest BCUT2D eigenvalue weighted by Gasteiger charge is 2.55. The van der Waals surface area contributed by atoms with Crippen molar-refractivity contribution >= 4 is 12.0 Å². The molecule has 1 aliphatic heterocycles. The minimum absolute atomic E-state index is 0.0493. The Balaban J connectivity index is 1.34. The van der Waals surface area contributed by atoms with Gasteiger partial charge in [-0.2, -0.15) is 0 Å². The lowest BCUT2D eigenvalue weighted by molar-refractivity contribution is -0.148. The number of nitrogens with one attached hydrogen (secondary N) is 1. The molecule has 5 rings (SSSR count). The van der Waals surface area contributed by atoms with Crippen LogP contribution in [0.25, 0.3) is 0 Å². The molecule has 5 fully saturated rings. The van der Waals surface area contributed by atoms with E-state index in [4.69, 9.17) is 5.11 Å². The molecule has 0 aromatic carbocycles. The molecule has 0 spiro atoms. The molecule has 25 heavy (non-hydrogen) atoms. The normalized spacial score (nSPS) is 41.6. The third kappa shape index (κ3) is 3.12. The Morgan fingerprint density at radius 2 is 1.68 bits per heavy atom. The standard InChI is InChI=1S/C18H29N3O4/c1-11(20-2-4-21(5-3-20)17(23)24)16(22)19-15-13-6-12-7-14(15)10-18(25,8-12)9-13/h11-15,25H,2-10H2,1H3,(H,19,22)(H,23,24). The summed E-state index contributed by atoms with van der Waals surface area (Å²) < 4.78 is 0. The fourth-order valence-electron chi connectivity index (χ4n) is 5.97. The largest absolute Gasteiger partial charge is 0.465 e. The van der Waals surface area contributed by atoms with E-state index in [1.54, 1.807) is 0 Å². The molecule has 0 aromatic rings. The van der Waals surface area contributed by atoms with Crippen LogP contribution in [0.3, 0.4) is 0 Å². The molecule has 7 heteroatoms. The van der Waals surface area contributed by atoms with Gasteiger partial charge in [-0.1, -0.05) is 0 Å². The molecular weight excluding hydrogens is 322 g/mol. The predicted octanol–water partition coefficient (Wildman–Crippen LogP) is 0.726. The summed E-state index contributed by atoms with van der Waals surface area (Å²) in [5.41, 5.74) is -0.476. The van der Waals surface area contributed by atoms with E-state index >= 15 is 0 Å². The first-order chi connectivity index (χ1) is 11.8. The fraction of sp³-hybridized carbons (Fsp3) is 0.889. The topological polar surface area (TPSA) is 93.1 Å². The van der Waals surface area contributed by atoms with Crippen LogP contribution >= 0.6 is 0 Å². The number of amides is 2. The molecule has 2 amide bonds. The summed E-state index contributed by atoms with van der Waals surface area (Å²) in [4.78, 5) is 27.3. The molecule has 4 aliphatic carbocycles. The summed E-state index contributed by atoms with van der Waals surface area (Å²) >= 11 is 0. The zero-order valence-electron chi connectivity index (χ0n) is 14.9. The van der Waals surface area contributed by atoms with Gasteiger partial charge in [0, 0.05) is 32.2 Å². The number of nitrogens with zero attached hydrogens (tertiary/aromatic N) is 2. The second-order valence-electron chi connectivity index (χ2n) is 8.71. The Morgan fingerprint density at radius 1 is 1.08 bits per heavy atom. The van der Waals surface area contributed by atoms with Gasteiger partial charge in [-0.15, -0.1) is 0 Å². The second kappa shape index (κ2) is 6.13. The molecular formula is C18H29N3O4. The van der Waals surface area contributed by atoms with Gasteiger partial charge in [0.05, 0.1) is 11.6 Å². The van der Waals surface area contributed by atoms with Crippen molar-refractivity contribution < 1.29 is 19.8 Å². The lowest BCUT2D eigenvalue weighted by atomic mass is 9.52. The monoisotopic (exact) mass is 351 g/mol. The quantitative estimate of drug-likeness (QED) is 0.697. The molecule has 1 heterocycles. The van der Waals surface area contributed by atoms with Gasteiger partial charge in [0.25, 0.3) is 0 Å². The van der Waals surface area contributed by atoms with E-state index < -0.39 is 11.7 Å². The van der Waals surface area contributed by atoms with Crippen LogP contribution in [0.4, 0.5) is 4.79 Å². The van der Waals surface area contributed by atoms with Crippen molar-refractivity contribution in [3.63, 3.8) is 0 Å². The van der Waals surface area contributed by atoms with E-state index in [1.807, 2.05) is 6.92 Å². The summed E-state index contributed by atoms with van der Waals surface area (Å²) in [7, 11) is 0. The lowest BCUT2D eigenvalue weighted by Gasteiger charge is -2.58. The van der Waals surface area contributed by atoms with E-state index in [2.05, 4.69) is 10.2 Å². The Labute approximate surface area is 148 Å². The molecule has 3 unspecified atom stereocenters. The van der Waals surface area contributed by atoms with Crippen molar-refractivity contribution in [2.75, 3.05) is 26.2 Å². The van der Waals surface area contributed by atoms with Crippen LogP contribution in [-0.4, -0.2) is 75.9 Å². The average Bonchev–Trinajstić information content (AvgIpc) is 2.56. The van der Waals surface area contributed by atoms with E-state index in [0.29, 0.717) is 43.9 Å². The molecule has 5 aliphatic rings. The Morgan fingerprint density at radius 3 is 2.20 bits per heavy atom. The van der Waals surface area contributed by atoms with Gasteiger partial charge < -0.3 is 20.4 Å². The fourth-order valence-corrected chi connectivity index (χ4v) is 5.97. The van der Waals surface area contributed by atoms with Gasteiger partial charge in [0.1, 0.15) is 0 Å². The minimum Gasteiger partial charge on any atom is -0.465 e. The third-order valence-electron chi connectivity index (χ3n) is 7.06. The van der Waals surface area contributed by atoms with Crippen molar-refractivity contribution in [1.82, 2.24) is 15.1 Å². The molecule has 3 atom stereocenters. The molecule has 3 N–H and O–H groups in total. The van der Waals surface area contributed by atoms with Gasteiger partial charge in [0.2, 0.25) is 5.91 Å². The number of rotatable bonds is 3. The van der Waals surface area contributed by atoms with Gasteiger partial charge >= 0.3 is 6.09 Å². The van der Waals surface area contributed by atoms with Crippen molar-refractivity contribution in [1.29, 1.82) is 0 Å². The number of piperazine rings is 1. The van der Waals surface area contributed by atoms with E-state index in [-0.39, 0.29) is 18.0 Å². The number of hydrogen-bond donors (Lipinski definition) is 3. The highest BCUT2D eigenvalue weighted by Crippen LogP contribution is 2.55. The first-order valence-corrected chi connectivity index (χ1v) is 9.59. The lowest BCUT2D eigenvalue weighted by Crippen LogP contribution is -2.63. The van der Waals surface area contributed by atoms with Gasteiger partial charge in [-0.3, -0.25) is 9.69 Å². The summed E-state index contributed by atoms with van der Waals surface area (Å²) in [5, 5.41) is 23.0. The first kappa shape index (κ1) is 17.1. The predicted molar refractivity (Wildman–Crippen MR) is 91.1 cm³/mol. The van der Waals surface area contributed by atoms with Crippen LogP contribution in [0.2, 0.25) is 0 Å². The summed E-state index contributed by atoms with van der Waals surface area (Å²) in [6, 6.07) is -0.0386. The zero-order valence-corrected chi connectivity index (χ0v) is 14.9. The number of carbonyl (C=O) groups is 2. The van der Waals surface area contributed by atoms with Crippen molar-refractivity contribution in [3.05, 3.63) is 0 Å². The summed E-state index contributed by atoms with van der Waals surface area (Å²) in [6.45, 7) is 4.02. The van der Waals surface area contributed by atoms with E-state index in [0.717, 1.165) is 32.1 Å². The maximum absolute atomic E-state index is 12.8. The number of aliphatic hydroxyl groups is 1. The number of hydrogen-bond acceptors (Lipinski definition) is 4. The van der Waals surface area contributed by atoms with Gasteiger partial charge in [0.15, 0.2) is 0 Å². The molecule has 0 radical (unpaired) electrons. The Kier molecular flexibility index (Phi) is 4.19. The molecule has 4 saturated carbocycles. The van der Waals surface area contributed by atoms with Crippen LogP contribution < -0.4 is 5.32 Å². The first-order valence-electron chi connectivity index (χ1n) is 9.59. The molecule has 140 valence electrons. The van der Waals surface area contributed by atoms with Crippen LogP contribution in [0.15, 0.2) is 0 Å². The number of carbonyl (C=O) groups excluding carboxylic acids is 1. The number of carboxylic acid groups (broad SMARTS) is 1. The maximum atomic E-state index is 12.8. The minimum atomic E-state index is -0.886. The molecule has 7 nitrogen and oxygen atoms in total. The van der Waals surface area contributed by atoms with Crippen molar-refractivity contribution in [2.24, 2.45) is 17.8 Å². The Hall–Kier alpha value is -1.34. The molecule has 4 bridgehead atoms. The molecule has 1 saturated heterocycles. The third-order valence-corrected chi connectivity index (χ3v) is 7.06. The van der Waals surface area contributed by atoms with E-state index in [9.17, 15) is 14.7 Å². The summed E-state index contributed by atoms with van der Waals surface area (Å²) in [5.74, 6) is 1.51. The van der Waals surface area contributed by atoms with Crippen molar-refractivity contribution in [2.45, 2.75) is 56.7 Å². The molecule has 0 aromatic heterocycles. The highest BCUT2D eigenvalue weighted by molar-refractivity contribution is 5.81. The van der Waals surface area contributed by atoms with Crippen LogP contribution in [0, 0.1) is 17.8 Å². The van der Waals surface area contributed by atoms with E-state index in [1.165, 1.54) is 4.90 Å². The smallest absolute Gasteiger partial charge is 0.407 e. The van der Waals surface area contributed by atoms with Gasteiger partial charge in [-0.05, 0) is 56.8 Å². The van der Waals surface area contributed by atoms with Crippen LogP contribution in [0.5, 0.6) is 0 Å². The highest BCUT2D eigenvalue weighted by atomic mass is 16.4. The van der Waals surface area contributed by atoms with Crippen molar-refractivity contribution in [3.8, 4) is 0 Å². The van der Waals surface area contributed by atoms with Gasteiger partial charge in [-0.25, -0.2) is 4.79 Å². The maximum Gasteiger partial charge on any atom is 0.407 e.